The highest BCUT2D eigenvalue weighted by Crippen LogP contribution is 2.19. The predicted octanol–water partition coefficient (Wildman–Crippen LogP) is 1.52. The molecule has 3 N–H and O–H groups in total. The molecule has 0 aliphatic carbocycles. The summed E-state index contributed by atoms with van der Waals surface area (Å²) in [6.07, 6.45) is 3.08. The van der Waals surface area contributed by atoms with Crippen molar-refractivity contribution in [2.24, 2.45) is 4.99 Å². The summed E-state index contributed by atoms with van der Waals surface area (Å²) in [6.45, 7) is 8.62. The lowest BCUT2D eigenvalue weighted by Crippen LogP contribution is -2.44. The first-order chi connectivity index (χ1) is 12.3. The Kier molecular flexibility index (Phi) is 6.30. The first-order valence-corrected chi connectivity index (χ1v) is 9.07. The van der Waals surface area contributed by atoms with Crippen molar-refractivity contribution in [2.75, 3.05) is 53.0 Å². The fourth-order valence-corrected chi connectivity index (χ4v) is 3.20. The minimum absolute atomic E-state index is 0.844. The van der Waals surface area contributed by atoms with Crippen molar-refractivity contribution in [3.63, 3.8) is 0 Å². The number of aromatic amines is 1. The molecule has 2 heterocycles. The van der Waals surface area contributed by atoms with Crippen LogP contribution in [0.2, 0.25) is 0 Å². The summed E-state index contributed by atoms with van der Waals surface area (Å²) in [4.78, 5) is 10.1. The van der Waals surface area contributed by atoms with Crippen LogP contribution in [0.3, 0.4) is 0 Å². The van der Waals surface area contributed by atoms with Gasteiger partial charge in [-0.1, -0.05) is 12.1 Å². The fourth-order valence-electron chi connectivity index (χ4n) is 3.20. The van der Waals surface area contributed by atoms with E-state index < -0.39 is 0 Å². The average Bonchev–Trinajstić information content (AvgIpc) is 3.03. The Hall–Kier alpha value is -2.05. The number of ether oxygens (including phenoxy) is 1. The molecule has 0 unspecified atom stereocenters. The van der Waals surface area contributed by atoms with Crippen molar-refractivity contribution >= 4 is 16.9 Å². The number of H-pyrrole nitrogens is 1. The van der Waals surface area contributed by atoms with Crippen molar-refractivity contribution in [3.8, 4) is 0 Å². The number of nitrogens with zero attached hydrogens (tertiary/aromatic N) is 2. The van der Waals surface area contributed by atoms with Gasteiger partial charge in [0.25, 0.3) is 0 Å². The predicted molar refractivity (Wildman–Crippen MR) is 103 cm³/mol. The topological polar surface area (TPSA) is 64.7 Å². The number of fused-ring (bicyclic) bond motifs is 1. The van der Waals surface area contributed by atoms with Crippen LogP contribution in [0, 0.1) is 6.92 Å². The Balaban J connectivity index is 1.41. The maximum absolute atomic E-state index is 5.37. The van der Waals surface area contributed by atoms with E-state index in [1.54, 1.807) is 0 Å². The molecule has 1 aliphatic heterocycles. The number of rotatable bonds is 6. The minimum atomic E-state index is 0.844. The highest BCUT2D eigenvalue weighted by molar-refractivity contribution is 5.84. The highest BCUT2D eigenvalue weighted by Gasteiger charge is 2.09. The molecular formula is C19H29N5O. The Morgan fingerprint density at radius 2 is 2.04 bits per heavy atom. The second-order valence-corrected chi connectivity index (χ2v) is 6.49. The molecule has 6 heteroatoms. The normalized spacial score (nSPS) is 16.3. The standard InChI is InChI=1S/C19H29N5O/c1-15-3-4-17-16(14-23-18(17)13-15)5-6-21-19(20-2)22-7-8-24-9-11-25-12-10-24/h3-4,13-14,23H,5-12H2,1-2H3,(H2,20,21,22). The summed E-state index contributed by atoms with van der Waals surface area (Å²) in [5, 5.41) is 8.10. The van der Waals surface area contributed by atoms with Crippen LogP contribution in [0.5, 0.6) is 0 Å². The first-order valence-electron chi connectivity index (χ1n) is 9.07. The third-order valence-corrected chi connectivity index (χ3v) is 4.66. The van der Waals surface area contributed by atoms with Gasteiger partial charge in [0.15, 0.2) is 5.96 Å². The zero-order chi connectivity index (χ0) is 17.5. The van der Waals surface area contributed by atoms with E-state index in [0.717, 1.165) is 58.3 Å². The van der Waals surface area contributed by atoms with E-state index in [9.17, 15) is 0 Å². The van der Waals surface area contributed by atoms with E-state index in [0.29, 0.717) is 0 Å². The van der Waals surface area contributed by atoms with Gasteiger partial charge in [-0.15, -0.1) is 0 Å². The summed E-state index contributed by atoms with van der Waals surface area (Å²) < 4.78 is 5.37. The van der Waals surface area contributed by atoms with Crippen molar-refractivity contribution in [3.05, 3.63) is 35.5 Å². The Labute approximate surface area is 149 Å². The summed E-state index contributed by atoms with van der Waals surface area (Å²) in [7, 11) is 1.82. The molecule has 0 spiro atoms. The van der Waals surface area contributed by atoms with Crippen molar-refractivity contribution in [2.45, 2.75) is 13.3 Å². The molecule has 0 atom stereocenters. The van der Waals surface area contributed by atoms with E-state index >= 15 is 0 Å². The number of hydrogen-bond donors (Lipinski definition) is 3. The maximum Gasteiger partial charge on any atom is 0.191 e. The second-order valence-electron chi connectivity index (χ2n) is 6.49. The lowest BCUT2D eigenvalue weighted by Gasteiger charge is -2.26. The Morgan fingerprint density at radius 1 is 1.24 bits per heavy atom. The molecule has 0 amide bonds. The summed E-state index contributed by atoms with van der Waals surface area (Å²) >= 11 is 0. The van der Waals surface area contributed by atoms with Gasteiger partial charge in [0.2, 0.25) is 0 Å². The van der Waals surface area contributed by atoms with Gasteiger partial charge < -0.3 is 20.4 Å². The molecule has 2 aromatic rings. The molecule has 0 radical (unpaired) electrons. The van der Waals surface area contributed by atoms with E-state index in [4.69, 9.17) is 4.74 Å². The molecule has 1 fully saturated rings. The molecule has 1 aromatic carbocycles. The number of aryl methyl sites for hydroxylation is 1. The van der Waals surface area contributed by atoms with Gasteiger partial charge in [0.05, 0.1) is 13.2 Å². The Bertz CT molecular complexity index is 703. The second kappa shape index (κ2) is 8.87. The molecule has 1 aromatic heterocycles. The zero-order valence-corrected chi connectivity index (χ0v) is 15.3. The van der Waals surface area contributed by atoms with Gasteiger partial charge in [-0.3, -0.25) is 9.89 Å². The number of aromatic nitrogens is 1. The van der Waals surface area contributed by atoms with Crippen LogP contribution in [-0.4, -0.2) is 68.8 Å². The molecular weight excluding hydrogens is 314 g/mol. The van der Waals surface area contributed by atoms with Crippen LogP contribution < -0.4 is 10.6 Å². The van der Waals surface area contributed by atoms with Crippen LogP contribution in [0.25, 0.3) is 10.9 Å². The van der Waals surface area contributed by atoms with Crippen LogP contribution >= 0.6 is 0 Å². The highest BCUT2D eigenvalue weighted by atomic mass is 16.5. The average molecular weight is 343 g/mol. The maximum atomic E-state index is 5.37. The molecule has 25 heavy (non-hydrogen) atoms. The van der Waals surface area contributed by atoms with Crippen LogP contribution in [-0.2, 0) is 11.2 Å². The van der Waals surface area contributed by atoms with Gasteiger partial charge >= 0.3 is 0 Å². The molecule has 1 saturated heterocycles. The number of nitrogens with one attached hydrogen (secondary N) is 3. The van der Waals surface area contributed by atoms with Crippen molar-refractivity contribution < 1.29 is 4.74 Å². The molecule has 1 aliphatic rings. The minimum Gasteiger partial charge on any atom is -0.379 e. The fraction of sp³-hybridized carbons (Fsp3) is 0.526. The lowest BCUT2D eigenvalue weighted by atomic mass is 10.1. The molecule has 0 bridgehead atoms. The van der Waals surface area contributed by atoms with E-state index in [2.05, 4.69) is 56.8 Å². The lowest BCUT2D eigenvalue weighted by molar-refractivity contribution is 0.0389. The first kappa shape index (κ1) is 17.8. The van der Waals surface area contributed by atoms with Crippen LogP contribution in [0.1, 0.15) is 11.1 Å². The summed E-state index contributed by atoms with van der Waals surface area (Å²) in [5.41, 5.74) is 3.83. The van der Waals surface area contributed by atoms with Crippen molar-refractivity contribution in [1.82, 2.24) is 20.5 Å². The number of benzene rings is 1. The smallest absolute Gasteiger partial charge is 0.191 e. The van der Waals surface area contributed by atoms with Crippen molar-refractivity contribution in [1.29, 1.82) is 0 Å². The van der Waals surface area contributed by atoms with Gasteiger partial charge in [0, 0.05) is 56.9 Å². The summed E-state index contributed by atoms with van der Waals surface area (Å²) in [6, 6.07) is 6.56. The van der Waals surface area contributed by atoms with Gasteiger partial charge in [0.1, 0.15) is 0 Å². The number of guanidine groups is 1. The molecule has 3 rings (SSSR count). The molecule has 6 nitrogen and oxygen atoms in total. The number of hydrogen-bond acceptors (Lipinski definition) is 3. The van der Waals surface area contributed by atoms with Crippen LogP contribution in [0.4, 0.5) is 0 Å². The number of aliphatic imine (C=N–C) groups is 1. The quantitative estimate of drug-likeness (QED) is 0.550. The van der Waals surface area contributed by atoms with Gasteiger partial charge in [-0.05, 0) is 30.5 Å². The molecule has 136 valence electrons. The van der Waals surface area contributed by atoms with Gasteiger partial charge in [-0.2, -0.15) is 0 Å². The van der Waals surface area contributed by atoms with Gasteiger partial charge in [-0.25, -0.2) is 0 Å². The van der Waals surface area contributed by atoms with E-state index in [1.807, 2.05) is 7.05 Å². The SMILES string of the molecule is CN=C(NCCc1c[nH]c2cc(C)ccc12)NCCN1CCOCC1. The Morgan fingerprint density at radius 3 is 2.84 bits per heavy atom. The van der Waals surface area contributed by atoms with Crippen LogP contribution in [0.15, 0.2) is 29.4 Å². The van der Waals surface area contributed by atoms with E-state index in [1.165, 1.54) is 22.0 Å². The largest absolute Gasteiger partial charge is 0.379 e. The van der Waals surface area contributed by atoms with E-state index in [-0.39, 0.29) is 0 Å². The third-order valence-electron chi connectivity index (χ3n) is 4.66. The zero-order valence-electron chi connectivity index (χ0n) is 15.3. The monoisotopic (exact) mass is 343 g/mol. The molecule has 0 saturated carbocycles. The number of morpholine rings is 1. The third kappa shape index (κ3) is 4.96. The summed E-state index contributed by atoms with van der Waals surface area (Å²) in [5.74, 6) is 0.865.